The lowest BCUT2D eigenvalue weighted by Gasteiger charge is -2.07. The Balaban J connectivity index is 1.60. The summed E-state index contributed by atoms with van der Waals surface area (Å²) in [6.45, 7) is 0.435. The lowest BCUT2D eigenvalue weighted by Crippen LogP contribution is -2.12. The summed E-state index contributed by atoms with van der Waals surface area (Å²) in [6, 6.07) is 15.7. The minimum atomic E-state index is 0.435. The Kier molecular flexibility index (Phi) is 3.77. The zero-order valence-electron chi connectivity index (χ0n) is 12.8. The number of hydrogen-bond donors (Lipinski definition) is 0. The average molecular weight is 318 g/mol. The molecule has 0 amide bonds. The van der Waals surface area contributed by atoms with Crippen LogP contribution in [0.1, 0.15) is 17.3 Å². The van der Waals surface area contributed by atoms with Crippen LogP contribution in [0.2, 0.25) is 0 Å². The monoisotopic (exact) mass is 318 g/mol. The second kappa shape index (κ2) is 6.37. The average Bonchev–Trinajstić information content (AvgIpc) is 3.27. The summed E-state index contributed by atoms with van der Waals surface area (Å²) < 4.78 is 3.64. The van der Waals surface area contributed by atoms with Crippen molar-refractivity contribution in [3.8, 4) is 5.69 Å². The van der Waals surface area contributed by atoms with Crippen molar-refractivity contribution < 1.29 is 0 Å². The molecule has 0 aliphatic carbocycles. The third kappa shape index (κ3) is 2.89. The maximum absolute atomic E-state index is 4.31. The maximum Gasteiger partial charge on any atom is 0.159 e. The normalized spacial score (nSPS) is 10.8. The van der Waals surface area contributed by atoms with Gasteiger partial charge in [-0.1, -0.05) is 24.3 Å². The fraction of sp³-hybridized carbons (Fsp3) is 0.125. The van der Waals surface area contributed by atoms with Gasteiger partial charge in [-0.05, 0) is 34.7 Å². The Morgan fingerprint density at radius 3 is 2.58 bits per heavy atom. The first-order valence-electron chi connectivity index (χ1n) is 7.49. The van der Waals surface area contributed by atoms with Crippen molar-refractivity contribution in [1.29, 1.82) is 0 Å². The molecule has 4 aromatic rings. The van der Waals surface area contributed by atoms with Crippen molar-refractivity contribution in [2.45, 2.75) is 13.0 Å². The van der Waals surface area contributed by atoms with Gasteiger partial charge in [0.05, 0.1) is 6.42 Å². The van der Waals surface area contributed by atoms with E-state index in [1.807, 2.05) is 53.1 Å². The topological polar surface area (TPSA) is 87.2 Å². The predicted molar refractivity (Wildman–Crippen MR) is 85.3 cm³/mol. The third-order valence-corrected chi connectivity index (χ3v) is 3.62. The van der Waals surface area contributed by atoms with Crippen LogP contribution >= 0.6 is 0 Å². The van der Waals surface area contributed by atoms with Crippen LogP contribution in [0, 0.1) is 0 Å². The number of aromatic nitrogens is 8. The molecular weight excluding hydrogens is 304 g/mol. The molecule has 0 N–H and O–H groups in total. The Bertz CT molecular complexity index is 913. The molecule has 0 fully saturated rings. The number of pyridine rings is 1. The number of nitrogens with zero attached hydrogens (tertiary/aromatic N) is 8. The molecule has 0 atom stereocenters. The van der Waals surface area contributed by atoms with E-state index in [2.05, 4.69) is 30.7 Å². The molecule has 8 heteroatoms. The maximum atomic E-state index is 4.31. The molecule has 0 saturated heterocycles. The van der Waals surface area contributed by atoms with E-state index >= 15 is 0 Å². The summed E-state index contributed by atoms with van der Waals surface area (Å²) in [4.78, 5) is 4.31. The first-order valence-corrected chi connectivity index (χ1v) is 7.49. The predicted octanol–water partition coefficient (Wildman–Crippen LogP) is 1.29. The zero-order valence-corrected chi connectivity index (χ0v) is 12.8. The van der Waals surface area contributed by atoms with Gasteiger partial charge in [-0.25, -0.2) is 4.68 Å². The molecule has 0 radical (unpaired) electrons. The number of benzene rings is 1. The molecule has 8 nitrogen and oxygen atoms in total. The Hall–Kier alpha value is -3.42. The lowest BCUT2D eigenvalue weighted by atomic mass is 10.2. The molecule has 0 bridgehead atoms. The number of hydrogen-bond acceptors (Lipinski definition) is 6. The van der Waals surface area contributed by atoms with Crippen LogP contribution in [0.25, 0.3) is 5.69 Å². The fourth-order valence-electron chi connectivity index (χ4n) is 2.44. The van der Waals surface area contributed by atoms with Gasteiger partial charge in [0, 0.05) is 17.6 Å². The van der Waals surface area contributed by atoms with E-state index in [1.165, 1.54) is 0 Å². The van der Waals surface area contributed by atoms with Gasteiger partial charge >= 0.3 is 0 Å². The Morgan fingerprint density at radius 1 is 0.875 bits per heavy atom. The van der Waals surface area contributed by atoms with Gasteiger partial charge in [-0.15, -0.1) is 15.3 Å². The van der Waals surface area contributed by atoms with Crippen LogP contribution in [0.5, 0.6) is 0 Å². The highest BCUT2D eigenvalue weighted by molar-refractivity contribution is 5.32. The molecule has 24 heavy (non-hydrogen) atoms. The van der Waals surface area contributed by atoms with Crippen LogP contribution in [-0.4, -0.2) is 40.0 Å². The van der Waals surface area contributed by atoms with E-state index < -0.39 is 0 Å². The Labute approximate surface area is 137 Å². The van der Waals surface area contributed by atoms with Gasteiger partial charge in [-0.2, -0.15) is 0 Å². The summed E-state index contributed by atoms with van der Waals surface area (Å²) >= 11 is 0. The molecule has 0 aliphatic heterocycles. The van der Waals surface area contributed by atoms with Crippen LogP contribution in [-0.2, 0) is 13.0 Å². The van der Waals surface area contributed by atoms with Crippen molar-refractivity contribution in [2.75, 3.05) is 0 Å². The van der Waals surface area contributed by atoms with Crippen molar-refractivity contribution in [2.24, 2.45) is 0 Å². The molecule has 0 saturated carbocycles. The standard InChI is InChI=1S/C16H14N8/c1-2-7-14(8-3-1)23-12-18-19-16(23)11-24-15(20-21-22-24)10-13-6-4-5-9-17-13/h1-9,12H,10-11H2. The smallest absolute Gasteiger partial charge is 0.159 e. The van der Waals surface area contributed by atoms with E-state index in [0.29, 0.717) is 13.0 Å². The molecule has 0 unspecified atom stereocenters. The second-order valence-electron chi connectivity index (χ2n) is 5.20. The van der Waals surface area contributed by atoms with Crippen molar-refractivity contribution in [3.63, 3.8) is 0 Å². The largest absolute Gasteiger partial charge is 0.284 e. The van der Waals surface area contributed by atoms with E-state index in [0.717, 1.165) is 23.0 Å². The molecule has 3 aromatic heterocycles. The molecular formula is C16H14N8. The summed E-state index contributed by atoms with van der Waals surface area (Å²) in [6.07, 6.45) is 4.01. The van der Waals surface area contributed by atoms with Crippen LogP contribution < -0.4 is 0 Å². The summed E-state index contributed by atoms with van der Waals surface area (Å²) in [5.41, 5.74) is 1.91. The molecule has 4 rings (SSSR count). The van der Waals surface area contributed by atoms with E-state index in [4.69, 9.17) is 0 Å². The van der Waals surface area contributed by atoms with Crippen LogP contribution in [0.15, 0.2) is 61.1 Å². The minimum Gasteiger partial charge on any atom is -0.284 e. The van der Waals surface area contributed by atoms with Gasteiger partial charge < -0.3 is 0 Å². The van der Waals surface area contributed by atoms with E-state index in [1.54, 1.807) is 17.2 Å². The third-order valence-electron chi connectivity index (χ3n) is 3.62. The van der Waals surface area contributed by atoms with Gasteiger partial charge in [-0.3, -0.25) is 9.55 Å². The molecule has 118 valence electrons. The van der Waals surface area contributed by atoms with Gasteiger partial charge in [0.15, 0.2) is 11.6 Å². The van der Waals surface area contributed by atoms with Crippen molar-refractivity contribution >= 4 is 0 Å². The van der Waals surface area contributed by atoms with Crippen LogP contribution in [0.3, 0.4) is 0 Å². The fourth-order valence-corrected chi connectivity index (χ4v) is 2.44. The highest BCUT2D eigenvalue weighted by Crippen LogP contribution is 2.11. The molecule has 1 aromatic carbocycles. The van der Waals surface area contributed by atoms with Crippen LogP contribution in [0.4, 0.5) is 0 Å². The number of rotatable bonds is 5. The molecule has 0 spiro atoms. The highest BCUT2D eigenvalue weighted by Gasteiger charge is 2.12. The SMILES string of the molecule is c1ccc(-n2cnnc2Cn2nnnc2Cc2ccccn2)cc1. The first-order chi connectivity index (χ1) is 11.9. The second-order valence-corrected chi connectivity index (χ2v) is 5.20. The van der Waals surface area contributed by atoms with E-state index in [-0.39, 0.29) is 0 Å². The zero-order chi connectivity index (χ0) is 16.2. The lowest BCUT2D eigenvalue weighted by molar-refractivity contribution is 0.594. The summed E-state index contributed by atoms with van der Waals surface area (Å²) in [5, 5.41) is 20.2. The first kappa shape index (κ1) is 14.2. The van der Waals surface area contributed by atoms with Gasteiger partial charge in [0.1, 0.15) is 12.9 Å². The number of tetrazole rings is 1. The van der Waals surface area contributed by atoms with Crippen molar-refractivity contribution in [3.05, 3.63) is 78.4 Å². The molecule has 0 aliphatic rings. The van der Waals surface area contributed by atoms with Gasteiger partial charge in [0.2, 0.25) is 0 Å². The molecule has 3 heterocycles. The summed E-state index contributed by atoms with van der Waals surface area (Å²) in [7, 11) is 0. The van der Waals surface area contributed by atoms with Crippen molar-refractivity contribution in [1.82, 2.24) is 40.0 Å². The Morgan fingerprint density at radius 2 is 1.75 bits per heavy atom. The minimum absolute atomic E-state index is 0.435. The van der Waals surface area contributed by atoms with Gasteiger partial charge in [0.25, 0.3) is 0 Å². The quantitative estimate of drug-likeness (QED) is 0.551. The summed E-state index contributed by atoms with van der Waals surface area (Å²) in [5.74, 6) is 1.49. The highest BCUT2D eigenvalue weighted by atomic mass is 15.5. The number of para-hydroxylation sites is 1. The van der Waals surface area contributed by atoms with E-state index in [9.17, 15) is 0 Å².